The van der Waals surface area contributed by atoms with Gasteiger partial charge in [0.1, 0.15) is 5.75 Å². The first-order valence-electron chi connectivity index (χ1n) is 6.85. The van der Waals surface area contributed by atoms with Crippen molar-refractivity contribution < 1.29 is 14.5 Å². The number of aromatic nitrogens is 1. The molecule has 3 rings (SSSR count). The molecule has 1 amide bonds. The van der Waals surface area contributed by atoms with E-state index in [0.29, 0.717) is 30.6 Å². The van der Waals surface area contributed by atoms with Gasteiger partial charge in [0.15, 0.2) is 11.7 Å². The van der Waals surface area contributed by atoms with Crippen molar-refractivity contribution in [2.45, 2.75) is 0 Å². The van der Waals surface area contributed by atoms with E-state index in [2.05, 4.69) is 26.2 Å². The standard InChI is InChI=1S/C15H9BrClN3O4S/c16-10-5-8(17)1-4-12(10)24-7-14(21)19-15-18-11-3-2-9(20(22)23)6-13(11)25-15/h1-6H,7H2,(H,18,19,21). The van der Waals surface area contributed by atoms with Crippen LogP contribution in [0, 0.1) is 10.1 Å². The Morgan fingerprint density at radius 2 is 2.16 bits per heavy atom. The Balaban J connectivity index is 1.66. The fraction of sp³-hybridized carbons (Fsp3) is 0.0667. The van der Waals surface area contributed by atoms with E-state index < -0.39 is 10.8 Å². The van der Waals surface area contributed by atoms with E-state index in [1.165, 1.54) is 12.1 Å². The molecule has 3 aromatic rings. The van der Waals surface area contributed by atoms with E-state index in [1.807, 2.05) is 0 Å². The number of rotatable bonds is 5. The van der Waals surface area contributed by atoms with Crippen molar-refractivity contribution in [1.82, 2.24) is 4.98 Å². The number of non-ortho nitro benzene ring substituents is 1. The van der Waals surface area contributed by atoms with Crippen LogP contribution in [0.1, 0.15) is 0 Å². The van der Waals surface area contributed by atoms with Crippen LogP contribution in [0.4, 0.5) is 10.8 Å². The number of nitrogens with one attached hydrogen (secondary N) is 1. The molecule has 7 nitrogen and oxygen atoms in total. The number of hydrogen-bond donors (Lipinski definition) is 1. The predicted octanol–water partition coefficient (Wildman–Crippen LogP) is 4.64. The monoisotopic (exact) mass is 441 g/mol. The number of thiazole rings is 1. The molecule has 0 bridgehead atoms. The minimum Gasteiger partial charge on any atom is -0.483 e. The topological polar surface area (TPSA) is 94.4 Å². The van der Waals surface area contributed by atoms with Crippen LogP contribution in [0.25, 0.3) is 10.2 Å². The number of hydrogen-bond acceptors (Lipinski definition) is 6. The SMILES string of the molecule is O=C(COc1ccc(Cl)cc1Br)Nc1nc2ccc([N+](=O)[O-])cc2s1. The summed E-state index contributed by atoms with van der Waals surface area (Å²) in [5.41, 5.74) is 0.553. The zero-order chi connectivity index (χ0) is 18.0. The zero-order valence-electron chi connectivity index (χ0n) is 12.4. The Labute approximate surface area is 158 Å². The van der Waals surface area contributed by atoms with Gasteiger partial charge in [-0.15, -0.1) is 0 Å². The van der Waals surface area contributed by atoms with Gasteiger partial charge in [0.05, 0.1) is 19.6 Å². The molecule has 0 atom stereocenters. The highest BCUT2D eigenvalue weighted by molar-refractivity contribution is 9.10. The lowest BCUT2D eigenvalue weighted by Gasteiger charge is -2.07. The molecule has 0 saturated carbocycles. The van der Waals surface area contributed by atoms with Crippen molar-refractivity contribution in [3.63, 3.8) is 0 Å². The highest BCUT2D eigenvalue weighted by Crippen LogP contribution is 2.30. The van der Waals surface area contributed by atoms with Crippen LogP contribution < -0.4 is 10.1 Å². The van der Waals surface area contributed by atoms with Crippen LogP contribution in [0.2, 0.25) is 5.02 Å². The zero-order valence-corrected chi connectivity index (χ0v) is 15.5. The lowest BCUT2D eigenvalue weighted by molar-refractivity contribution is -0.384. The number of nitro benzene ring substituents is 1. The first-order chi connectivity index (χ1) is 11.9. The van der Waals surface area contributed by atoms with Gasteiger partial charge in [0.25, 0.3) is 11.6 Å². The van der Waals surface area contributed by atoms with Gasteiger partial charge in [-0.2, -0.15) is 0 Å². The fourth-order valence-corrected chi connectivity index (χ4v) is 3.68. The third-order valence-electron chi connectivity index (χ3n) is 3.08. The maximum atomic E-state index is 12.0. The lowest BCUT2D eigenvalue weighted by Crippen LogP contribution is -2.20. The van der Waals surface area contributed by atoms with E-state index in [4.69, 9.17) is 16.3 Å². The summed E-state index contributed by atoms with van der Waals surface area (Å²) in [5.74, 6) is 0.0925. The molecule has 0 aliphatic rings. The predicted molar refractivity (Wildman–Crippen MR) is 99.6 cm³/mol. The highest BCUT2D eigenvalue weighted by Gasteiger charge is 2.13. The molecule has 0 aliphatic carbocycles. The number of halogens is 2. The summed E-state index contributed by atoms with van der Waals surface area (Å²) >= 11 is 10.3. The van der Waals surface area contributed by atoms with Crippen molar-refractivity contribution in [2.75, 3.05) is 11.9 Å². The number of fused-ring (bicyclic) bond motifs is 1. The van der Waals surface area contributed by atoms with E-state index in [-0.39, 0.29) is 12.3 Å². The summed E-state index contributed by atoms with van der Waals surface area (Å²) in [5, 5.41) is 14.3. The molecule has 2 aromatic carbocycles. The maximum Gasteiger partial charge on any atom is 0.270 e. The summed E-state index contributed by atoms with van der Waals surface area (Å²) in [4.78, 5) is 26.5. The van der Waals surface area contributed by atoms with Gasteiger partial charge >= 0.3 is 0 Å². The smallest absolute Gasteiger partial charge is 0.270 e. The van der Waals surface area contributed by atoms with Gasteiger partial charge in [-0.1, -0.05) is 22.9 Å². The number of anilines is 1. The molecule has 0 saturated heterocycles. The number of carbonyl (C=O) groups is 1. The average molecular weight is 443 g/mol. The molecule has 128 valence electrons. The van der Waals surface area contributed by atoms with Crippen LogP contribution in [0.5, 0.6) is 5.75 Å². The Kier molecular flexibility index (Phi) is 5.16. The Hall–Kier alpha value is -2.23. The molecule has 0 radical (unpaired) electrons. The van der Waals surface area contributed by atoms with E-state index in [1.54, 1.807) is 24.3 Å². The minimum absolute atomic E-state index is 0.0232. The van der Waals surface area contributed by atoms with Crippen LogP contribution in [-0.4, -0.2) is 22.4 Å². The Bertz CT molecular complexity index is 979. The maximum absolute atomic E-state index is 12.0. The van der Waals surface area contributed by atoms with Crippen LogP contribution >= 0.6 is 38.9 Å². The third-order valence-corrected chi connectivity index (χ3v) is 4.87. The van der Waals surface area contributed by atoms with Gasteiger partial charge in [0.2, 0.25) is 0 Å². The number of amides is 1. The Morgan fingerprint density at radius 1 is 1.36 bits per heavy atom. The van der Waals surface area contributed by atoms with Crippen molar-refractivity contribution >= 4 is 65.8 Å². The molecular weight excluding hydrogens is 434 g/mol. The highest BCUT2D eigenvalue weighted by atomic mass is 79.9. The number of carbonyl (C=O) groups excluding carboxylic acids is 1. The average Bonchev–Trinajstić information content (AvgIpc) is 2.95. The van der Waals surface area contributed by atoms with Crippen molar-refractivity contribution in [2.24, 2.45) is 0 Å². The minimum atomic E-state index is -0.477. The van der Waals surface area contributed by atoms with Crippen LogP contribution in [-0.2, 0) is 4.79 Å². The summed E-state index contributed by atoms with van der Waals surface area (Å²) in [7, 11) is 0. The normalized spacial score (nSPS) is 10.6. The molecule has 0 unspecified atom stereocenters. The van der Waals surface area contributed by atoms with E-state index >= 15 is 0 Å². The van der Waals surface area contributed by atoms with Crippen molar-refractivity contribution in [1.29, 1.82) is 0 Å². The second-order valence-corrected chi connectivity index (χ2v) is 7.16. The van der Waals surface area contributed by atoms with Crippen LogP contribution in [0.3, 0.4) is 0 Å². The van der Waals surface area contributed by atoms with Gasteiger partial charge in [-0.3, -0.25) is 20.2 Å². The largest absolute Gasteiger partial charge is 0.483 e. The molecule has 0 fully saturated rings. The molecule has 1 N–H and O–H groups in total. The van der Waals surface area contributed by atoms with Crippen molar-refractivity contribution in [3.8, 4) is 5.75 Å². The van der Waals surface area contributed by atoms with Gasteiger partial charge < -0.3 is 4.74 Å². The molecular formula is C15H9BrClN3O4S. The van der Waals surface area contributed by atoms with Gasteiger partial charge in [0, 0.05) is 17.2 Å². The van der Waals surface area contributed by atoms with Gasteiger partial charge in [-0.25, -0.2) is 4.98 Å². The first-order valence-corrected chi connectivity index (χ1v) is 8.84. The summed E-state index contributed by atoms with van der Waals surface area (Å²) in [6, 6.07) is 9.30. The number of nitrogens with zero attached hydrogens (tertiary/aromatic N) is 2. The van der Waals surface area contributed by atoms with E-state index in [9.17, 15) is 14.9 Å². The molecule has 10 heteroatoms. The molecule has 0 spiro atoms. The third kappa shape index (κ3) is 4.25. The molecule has 1 heterocycles. The van der Waals surface area contributed by atoms with Gasteiger partial charge in [-0.05, 0) is 40.2 Å². The second kappa shape index (κ2) is 7.34. The second-order valence-electron chi connectivity index (χ2n) is 4.84. The number of ether oxygens (including phenoxy) is 1. The summed E-state index contributed by atoms with van der Waals surface area (Å²) in [6.45, 7) is -0.212. The lowest BCUT2D eigenvalue weighted by atomic mass is 10.3. The number of nitro groups is 1. The summed E-state index contributed by atoms with van der Waals surface area (Å²) < 4.78 is 6.68. The Morgan fingerprint density at radius 3 is 2.88 bits per heavy atom. The van der Waals surface area contributed by atoms with E-state index in [0.717, 1.165) is 11.3 Å². The fourth-order valence-electron chi connectivity index (χ4n) is 1.97. The number of benzene rings is 2. The van der Waals surface area contributed by atoms with Crippen molar-refractivity contribution in [3.05, 3.63) is 56.0 Å². The summed E-state index contributed by atoms with van der Waals surface area (Å²) in [6.07, 6.45) is 0. The van der Waals surface area contributed by atoms with Crippen LogP contribution in [0.15, 0.2) is 40.9 Å². The first kappa shape index (κ1) is 17.6. The quantitative estimate of drug-likeness (QED) is 0.459. The molecule has 1 aromatic heterocycles. The molecule has 0 aliphatic heterocycles. The molecule has 25 heavy (non-hydrogen) atoms.